The molecule has 3 fully saturated rings. The first kappa shape index (κ1) is 23.9. The molecule has 2 saturated heterocycles. The summed E-state index contributed by atoms with van der Waals surface area (Å²) in [5, 5.41) is 6.65. The van der Waals surface area contributed by atoms with Gasteiger partial charge in [-0.15, -0.1) is 24.8 Å². The van der Waals surface area contributed by atoms with Crippen molar-refractivity contribution in [1.29, 1.82) is 0 Å². The van der Waals surface area contributed by atoms with Crippen LogP contribution in [-0.4, -0.2) is 86.3 Å². The van der Waals surface area contributed by atoms with Gasteiger partial charge < -0.3 is 15.4 Å². The molecule has 26 heavy (non-hydrogen) atoms. The summed E-state index contributed by atoms with van der Waals surface area (Å²) in [6.07, 6.45) is 6.30. The van der Waals surface area contributed by atoms with Gasteiger partial charge >= 0.3 is 0 Å². The van der Waals surface area contributed by atoms with E-state index in [9.17, 15) is 4.79 Å². The van der Waals surface area contributed by atoms with Gasteiger partial charge in [-0.3, -0.25) is 14.6 Å². The molecule has 2 aliphatic heterocycles. The maximum atomic E-state index is 12.5. The largest absolute Gasteiger partial charge is 0.379 e. The molecule has 1 amide bonds. The van der Waals surface area contributed by atoms with Gasteiger partial charge in [0.2, 0.25) is 5.91 Å². The lowest BCUT2D eigenvalue weighted by Crippen LogP contribution is -2.60. The summed E-state index contributed by atoms with van der Waals surface area (Å²) >= 11 is 0. The van der Waals surface area contributed by atoms with E-state index in [-0.39, 0.29) is 36.3 Å². The highest BCUT2D eigenvalue weighted by Gasteiger charge is 2.38. The summed E-state index contributed by atoms with van der Waals surface area (Å²) in [5.74, 6) is 0.182. The van der Waals surface area contributed by atoms with E-state index in [0.29, 0.717) is 12.6 Å². The van der Waals surface area contributed by atoms with Crippen molar-refractivity contribution >= 4 is 30.7 Å². The van der Waals surface area contributed by atoms with Crippen LogP contribution in [0.15, 0.2) is 0 Å². The maximum absolute atomic E-state index is 12.5. The molecule has 1 atom stereocenters. The molecule has 1 aliphatic carbocycles. The van der Waals surface area contributed by atoms with E-state index in [1.807, 2.05) is 0 Å². The predicted octanol–water partition coefficient (Wildman–Crippen LogP) is 1.28. The number of nitrogens with zero attached hydrogens (tertiary/aromatic N) is 2. The number of hydrogen-bond acceptors (Lipinski definition) is 5. The molecule has 2 heterocycles. The van der Waals surface area contributed by atoms with E-state index < -0.39 is 0 Å². The Morgan fingerprint density at radius 3 is 2.50 bits per heavy atom. The number of carbonyl (C=O) groups is 1. The van der Waals surface area contributed by atoms with E-state index in [1.54, 1.807) is 0 Å². The molecule has 3 aliphatic rings. The second-order valence-electron chi connectivity index (χ2n) is 7.68. The topological polar surface area (TPSA) is 56.8 Å². The Morgan fingerprint density at radius 2 is 1.85 bits per heavy atom. The van der Waals surface area contributed by atoms with Gasteiger partial charge in [-0.25, -0.2) is 0 Å². The lowest BCUT2D eigenvalue weighted by Gasteiger charge is -2.48. The minimum atomic E-state index is 0. The van der Waals surface area contributed by atoms with Gasteiger partial charge in [0.15, 0.2) is 0 Å². The Morgan fingerprint density at radius 1 is 1.15 bits per heavy atom. The first-order chi connectivity index (χ1) is 11.7. The van der Waals surface area contributed by atoms with Crippen molar-refractivity contribution in [1.82, 2.24) is 20.4 Å². The van der Waals surface area contributed by atoms with Crippen molar-refractivity contribution in [2.45, 2.75) is 50.6 Å². The van der Waals surface area contributed by atoms with Gasteiger partial charge in [-0.1, -0.05) is 19.3 Å². The summed E-state index contributed by atoms with van der Waals surface area (Å²) in [7, 11) is 0. The fourth-order valence-electron chi connectivity index (χ4n) is 4.47. The van der Waals surface area contributed by atoms with Crippen LogP contribution in [0.2, 0.25) is 0 Å². The monoisotopic (exact) mass is 410 g/mol. The molecule has 0 unspecified atom stereocenters. The Labute approximate surface area is 170 Å². The average molecular weight is 411 g/mol. The summed E-state index contributed by atoms with van der Waals surface area (Å²) in [6.45, 7) is 10.1. The van der Waals surface area contributed by atoms with Crippen molar-refractivity contribution in [2.75, 3.05) is 59.0 Å². The second-order valence-corrected chi connectivity index (χ2v) is 7.68. The molecule has 8 heteroatoms. The third-order valence-corrected chi connectivity index (χ3v) is 6.07. The average Bonchev–Trinajstić information content (AvgIpc) is 2.63. The number of carbonyl (C=O) groups excluding carboxylic acids is 1. The van der Waals surface area contributed by atoms with Crippen LogP contribution in [0, 0.1) is 0 Å². The Kier molecular flexibility index (Phi) is 10.7. The summed E-state index contributed by atoms with van der Waals surface area (Å²) < 4.78 is 5.53. The van der Waals surface area contributed by atoms with Gasteiger partial charge in [-0.05, 0) is 19.8 Å². The molecule has 3 rings (SSSR count). The maximum Gasteiger partial charge on any atom is 0.234 e. The molecule has 0 aromatic rings. The minimum absolute atomic E-state index is 0. The number of hydrogen-bond donors (Lipinski definition) is 2. The van der Waals surface area contributed by atoms with Gasteiger partial charge in [0, 0.05) is 50.8 Å². The summed E-state index contributed by atoms with van der Waals surface area (Å²) in [6, 6.07) is 0.437. The van der Waals surface area contributed by atoms with E-state index in [1.165, 1.54) is 32.1 Å². The molecular weight excluding hydrogens is 375 g/mol. The van der Waals surface area contributed by atoms with Crippen molar-refractivity contribution in [3.63, 3.8) is 0 Å². The smallest absolute Gasteiger partial charge is 0.234 e. The number of piperazine rings is 1. The zero-order valence-corrected chi connectivity index (χ0v) is 17.6. The van der Waals surface area contributed by atoms with E-state index >= 15 is 0 Å². The quantitative estimate of drug-likeness (QED) is 0.714. The fraction of sp³-hybridized carbons (Fsp3) is 0.944. The highest BCUT2D eigenvalue weighted by atomic mass is 35.5. The molecular formula is C18H36Cl2N4O2. The molecule has 0 spiro atoms. The first-order valence-electron chi connectivity index (χ1n) is 9.74. The van der Waals surface area contributed by atoms with Crippen molar-refractivity contribution in [2.24, 2.45) is 0 Å². The van der Waals surface area contributed by atoms with Crippen LogP contribution in [0.3, 0.4) is 0 Å². The van der Waals surface area contributed by atoms with Crippen LogP contribution in [0.5, 0.6) is 0 Å². The Hall–Kier alpha value is -0.110. The van der Waals surface area contributed by atoms with Gasteiger partial charge in [0.25, 0.3) is 0 Å². The number of amides is 1. The molecule has 0 radical (unpaired) electrons. The number of halogens is 2. The van der Waals surface area contributed by atoms with Crippen LogP contribution in [0.1, 0.15) is 39.0 Å². The Bertz CT molecular complexity index is 416. The standard InChI is InChI=1S/C18H34N4O2.2ClH/c1-16-13-19-7-8-21(16)14-17(23)20-15-18(5-3-2-4-6-18)22-9-11-24-12-10-22;;/h16,19H,2-15H2,1H3,(H,20,23);2*1H/t16-;;/m1../s1. The number of ether oxygens (including phenoxy) is 1. The predicted molar refractivity (Wildman–Crippen MR) is 110 cm³/mol. The number of nitrogens with one attached hydrogen (secondary N) is 2. The normalized spacial score (nSPS) is 27.0. The van der Waals surface area contributed by atoms with Crippen molar-refractivity contribution in [3.05, 3.63) is 0 Å². The number of rotatable bonds is 5. The summed E-state index contributed by atoms with van der Waals surface area (Å²) in [4.78, 5) is 17.4. The number of morpholine rings is 1. The van der Waals surface area contributed by atoms with Gasteiger partial charge in [-0.2, -0.15) is 0 Å². The van der Waals surface area contributed by atoms with Crippen LogP contribution in [0.25, 0.3) is 0 Å². The van der Waals surface area contributed by atoms with E-state index in [4.69, 9.17) is 4.74 Å². The second kappa shape index (κ2) is 11.7. The highest BCUT2D eigenvalue weighted by Crippen LogP contribution is 2.33. The molecule has 2 N–H and O–H groups in total. The van der Waals surface area contributed by atoms with Crippen LogP contribution < -0.4 is 10.6 Å². The first-order valence-corrected chi connectivity index (χ1v) is 9.74. The molecule has 6 nitrogen and oxygen atoms in total. The molecule has 0 aromatic carbocycles. The summed E-state index contributed by atoms with van der Waals surface area (Å²) in [5.41, 5.74) is 0.159. The zero-order chi connectivity index (χ0) is 16.8. The third kappa shape index (κ3) is 6.21. The zero-order valence-electron chi connectivity index (χ0n) is 16.0. The molecule has 0 bridgehead atoms. The van der Waals surface area contributed by atoms with Gasteiger partial charge in [0.1, 0.15) is 0 Å². The van der Waals surface area contributed by atoms with Crippen molar-refractivity contribution < 1.29 is 9.53 Å². The molecule has 0 aromatic heterocycles. The lowest BCUT2D eigenvalue weighted by molar-refractivity contribution is -0.124. The molecule has 154 valence electrons. The van der Waals surface area contributed by atoms with E-state index in [0.717, 1.165) is 52.5 Å². The highest BCUT2D eigenvalue weighted by molar-refractivity contribution is 5.85. The lowest BCUT2D eigenvalue weighted by atomic mass is 9.79. The Balaban J connectivity index is 0.00000169. The van der Waals surface area contributed by atoms with Gasteiger partial charge in [0.05, 0.1) is 19.8 Å². The van der Waals surface area contributed by atoms with Crippen LogP contribution in [0.4, 0.5) is 0 Å². The molecule has 1 saturated carbocycles. The third-order valence-electron chi connectivity index (χ3n) is 6.07. The minimum Gasteiger partial charge on any atom is -0.379 e. The van der Waals surface area contributed by atoms with Crippen molar-refractivity contribution in [3.8, 4) is 0 Å². The fourth-order valence-corrected chi connectivity index (χ4v) is 4.47. The SMILES string of the molecule is C[C@@H]1CNCCN1CC(=O)NCC1(N2CCOCC2)CCCCC1.Cl.Cl. The van der Waals surface area contributed by atoms with Crippen LogP contribution >= 0.6 is 24.8 Å². The van der Waals surface area contributed by atoms with E-state index in [2.05, 4.69) is 27.4 Å². The van der Waals surface area contributed by atoms with Crippen LogP contribution in [-0.2, 0) is 9.53 Å².